The van der Waals surface area contributed by atoms with E-state index in [-0.39, 0.29) is 12.5 Å². The van der Waals surface area contributed by atoms with Crippen LogP contribution in [0.3, 0.4) is 0 Å². The van der Waals surface area contributed by atoms with Crippen LogP contribution >= 0.6 is 0 Å². The van der Waals surface area contributed by atoms with Crippen molar-refractivity contribution >= 4 is 11.6 Å². The zero-order valence-corrected chi connectivity index (χ0v) is 11.2. The molecule has 0 spiro atoms. The van der Waals surface area contributed by atoms with Crippen molar-refractivity contribution in [3.05, 3.63) is 23.8 Å². The summed E-state index contributed by atoms with van der Waals surface area (Å²) >= 11 is 0. The van der Waals surface area contributed by atoms with Gasteiger partial charge < -0.3 is 15.8 Å². The molecular formula is C14H22N2O2. The normalized spacial score (nSPS) is 10.1. The first-order valence-corrected chi connectivity index (χ1v) is 6.45. The lowest BCUT2D eigenvalue weighted by Gasteiger charge is -2.10. The molecule has 1 aromatic rings. The van der Waals surface area contributed by atoms with Crippen molar-refractivity contribution in [3.63, 3.8) is 0 Å². The maximum Gasteiger partial charge on any atom is 0.257 e. The van der Waals surface area contributed by atoms with Crippen molar-refractivity contribution in [2.75, 3.05) is 18.9 Å². The SMILES string of the molecule is CCCCNC(=O)COc1ccc(CC)cc1N. The van der Waals surface area contributed by atoms with E-state index in [0.717, 1.165) is 24.8 Å². The molecule has 4 nitrogen and oxygen atoms in total. The number of nitrogens with one attached hydrogen (secondary N) is 1. The summed E-state index contributed by atoms with van der Waals surface area (Å²) in [5.74, 6) is 0.459. The summed E-state index contributed by atoms with van der Waals surface area (Å²) in [5, 5.41) is 2.79. The molecule has 1 amide bonds. The number of rotatable bonds is 7. The third kappa shape index (κ3) is 4.65. The van der Waals surface area contributed by atoms with Crippen LogP contribution in [0.1, 0.15) is 32.3 Å². The molecule has 0 aliphatic carbocycles. The number of benzene rings is 1. The molecule has 100 valence electrons. The molecular weight excluding hydrogens is 228 g/mol. The minimum Gasteiger partial charge on any atom is -0.482 e. The number of aryl methyl sites for hydroxylation is 1. The Morgan fingerprint density at radius 1 is 1.39 bits per heavy atom. The molecule has 0 fully saturated rings. The number of amides is 1. The van der Waals surface area contributed by atoms with E-state index in [1.807, 2.05) is 18.2 Å². The number of ether oxygens (including phenoxy) is 1. The molecule has 0 bridgehead atoms. The largest absolute Gasteiger partial charge is 0.482 e. The average molecular weight is 250 g/mol. The molecule has 0 unspecified atom stereocenters. The summed E-state index contributed by atoms with van der Waals surface area (Å²) in [5.41, 5.74) is 7.59. The Morgan fingerprint density at radius 3 is 2.78 bits per heavy atom. The van der Waals surface area contributed by atoms with E-state index in [4.69, 9.17) is 10.5 Å². The van der Waals surface area contributed by atoms with Crippen molar-refractivity contribution in [2.45, 2.75) is 33.1 Å². The molecule has 0 aliphatic heterocycles. The summed E-state index contributed by atoms with van der Waals surface area (Å²) in [6.45, 7) is 4.86. The van der Waals surface area contributed by atoms with E-state index in [1.54, 1.807) is 0 Å². The highest BCUT2D eigenvalue weighted by molar-refractivity contribution is 5.77. The van der Waals surface area contributed by atoms with Gasteiger partial charge in [-0.2, -0.15) is 0 Å². The first-order chi connectivity index (χ1) is 8.67. The van der Waals surface area contributed by atoms with Gasteiger partial charge in [0.2, 0.25) is 0 Å². The molecule has 0 atom stereocenters. The van der Waals surface area contributed by atoms with Crippen LogP contribution in [-0.4, -0.2) is 19.1 Å². The smallest absolute Gasteiger partial charge is 0.257 e. The number of hydrogen-bond acceptors (Lipinski definition) is 3. The number of anilines is 1. The van der Waals surface area contributed by atoms with Gasteiger partial charge in [0.25, 0.3) is 5.91 Å². The van der Waals surface area contributed by atoms with Gasteiger partial charge in [-0.25, -0.2) is 0 Å². The fourth-order valence-electron chi connectivity index (χ4n) is 1.55. The highest BCUT2D eigenvalue weighted by Crippen LogP contribution is 2.22. The Kier molecular flexibility index (Phi) is 6.05. The van der Waals surface area contributed by atoms with Gasteiger partial charge in [-0.05, 0) is 30.5 Å². The number of nitrogens with two attached hydrogens (primary N) is 1. The third-order valence-corrected chi connectivity index (χ3v) is 2.69. The Labute approximate surface area is 109 Å². The lowest BCUT2D eigenvalue weighted by atomic mass is 10.1. The second kappa shape index (κ2) is 7.58. The summed E-state index contributed by atoms with van der Waals surface area (Å²) in [6.07, 6.45) is 2.98. The molecule has 0 saturated carbocycles. The summed E-state index contributed by atoms with van der Waals surface area (Å²) in [4.78, 5) is 11.4. The third-order valence-electron chi connectivity index (χ3n) is 2.69. The molecule has 0 heterocycles. The second-order valence-electron chi connectivity index (χ2n) is 4.22. The van der Waals surface area contributed by atoms with E-state index in [9.17, 15) is 4.79 Å². The van der Waals surface area contributed by atoms with Crippen molar-refractivity contribution in [1.82, 2.24) is 5.32 Å². The summed E-state index contributed by atoms with van der Waals surface area (Å²) < 4.78 is 5.39. The predicted octanol–water partition coefficient (Wildman–Crippen LogP) is 2.13. The van der Waals surface area contributed by atoms with Crippen molar-refractivity contribution in [3.8, 4) is 5.75 Å². The van der Waals surface area contributed by atoms with Crippen LogP contribution in [0.5, 0.6) is 5.75 Å². The summed E-state index contributed by atoms with van der Waals surface area (Å²) in [7, 11) is 0. The maximum absolute atomic E-state index is 11.4. The molecule has 0 radical (unpaired) electrons. The molecule has 3 N–H and O–H groups in total. The van der Waals surface area contributed by atoms with Gasteiger partial charge in [-0.15, -0.1) is 0 Å². The molecule has 18 heavy (non-hydrogen) atoms. The van der Waals surface area contributed by atoms with Gasteiger partial charge in [-0.1, -0.05) is 26.3 Å². The standard InChI is InChI=1S/C14H22N2O2/c1-3-5-8-16-14(17)10-18-13-7-6-11(4-2)9-12(13)15/h6-7,9H,3-5,8,10,15H2,1-2H3,(H,16,17). The van der Waals surface area contributed by atoms with Crippen LogP contribution in [-0.2, 0) is 11.2 Å². The van der Waals surface area contributed by atoms with Gasteiger partial charge >= 0.3 is 0 Å². The van der Waals surface area contributed by atoms with Gasteiger partial charge in [0.15, 0.2) is 6.61 Å². The highest BCUT2D eigenvalue weighted by atomic mass is 16.5. The minimum absolute atomic E-state index is 0.0133. The Hall–Kier alpha value is -1.71. The second-order valence-corrected chi connectivity index (χ2v) is 4.22. The molecule has 1 rings (SSSR count). The van der Waals surface area contributed by atoms with Crippen LogP contribution in [0.25, 0.3) is 0 Å². The van der Waals surface area contributed by atoms with Gasteiger partial charge in [-0.3, -0.25) is 4.79 Å². The fourth-order valence-corrected chi connectivity index (χ4v) is 1.55. The molecule has 1 aromatic carbocycles. The summed E-state index contributed by atoms with van der Waals surface area (Å²) in [6, 6.07) is 5.65. The molecule has 0 aromatic heterocycles. The van der Waals surface area contributed by atoms with E-state index < -0.39 is 0 Å². The number of carbonyl (C=O) groups excluding carboxylic acids is 1. The predicted molar refractivity (Wildman–Crippen MR) is 73.6 cm³/mol. The van der Waals surface area contributed by atoms with E-state index in [1.165, 1.54) is 0 Å². The van der Waals surface area contributed by atoms with E-state index in [2.05, 4.69) is 19.2 Å². The van der Waals surface area contributed by atoms with Crippen LogP contribution in [0.4, 0.5) is 5.69 Å². The number of nitrogen functional groups attached to an aromatic ring is 1. The fraction of sp³-hybridized carbons (Fsp3) is 0.500. The van der Waals surface area contributed by atoms with Gasteiger partial charge in [0, 0.05) is 6.54 Å². The van der Waals surface area contributed by atoms with Crippen LogP contribution < -0.4 is 15.8 Å². The van der Waals surface area contributed by atoms with Crippen LogP contribution in [0.2, 0.25) is 0 Å². The van der Waals surface area contributed by atoms with Crippen molar-refractivity contribution in [2.24, 2.45) is 0 Å². The van der Waals surface area contributed by atoms with Crippen LogP contribution in [0, 0.1) is 0 Å². The van der Waals surface area contributed by atoms with Gasteiger partial charge in [0.1, 0.15) is 5.75 Å². The van der Waals surface area contributed by atoms with E-state index in [0.29, 0.717) is 18.0 Å². The number of hydrogen-bond donors (Lipinski definition) is 2. The Bertz CT molecular complexity index is 391. The zero-order valence-electron chi connectivity index (χ0n) is 11.2. The molecule has 0 aliphatic rings. The number of unbranched alkanes of at least 4 members (excludes halogenated alkanes) is 1. The Morgan fingerprint density at radius 2 is 2.17 bits per heavy atom. The average Bonchev–Trinajstić information content (AvgIpc) is 2.37. The number of carbonyl (C=O) groups is 1. The zero-order chi connectivity index (χ0) is 13.4. The quantitative estimate of drug-likeness (QED) is 0.575. The van der Waals surface area contributed by atoms with E-state index >= 15 is 0 Å². The Balaban J connectivity index is 2.41. The van der Waals surface area contributed by atoms with Crippen LogP contribution in [0.15, 0.2) is 18.2 Å². The molecule has 0 saturated heterocycles. The topological polar surface area (TPSA) is 64.3 Å². The first kappa shape index (κ1) is 14.4. The van der Waals surface area contributed by atoms with Crippen molar-refractivity contribution in [1.29, 1.82) is 0 Å². The lowest BCUT2D eigenvalue weighted by Crippen LogP contribution is -2.29. The first-order valence-electron chi connectivity index (χ1n) is 6.45. The van der Waals surface area contributed by atoms with Gasteiger partial charge in [0.05, 0.1) is 5.69 Å². The monoisotopic (exact) mass is 250 g/mol. The minimum atomic E-state index is -0.109. The molecule has 4 heteroatoms. The van der Waals surface area contributed by atoms with Crippen molar-refractivity contribution < 1.29 is 9.53 Å². The lowest BCUT2D eigenvalue weighted by molar-refractivity contribution is -0.123. The highest BCUT2D eigenvalue weighted by Gasteiger charge is 2.05. The maximum atomic E-state index is 11.4.